The molecule has 0 radical (unpaired) electrons. The summed E-state index contributed by atoms with van der Waals surface area (Å²) in [6, 6.07) is 4.76. The Morgan fingerprint density at radius 2 is 2.14 bits per heavy atom. The number of carbonyl (C=O) groups is 2. The van der Waals surface area contributed by atoms with Crippen molar-refractivity contribution in [1.82, 2.24) is 4.90 Å². The van der Waals surface area contributed by atoms with Crippen LogP contribution < -0.4 is 4.74 Å². The quantitative estimate of drug-likeness (QED) is 0.907. The van der Waals surface area contributed by atoms with Crippen molar-refractivity contribution in [2.24, 2.45) is 0 Å². The van der Waals surface area contributed by atoms with E-state index in [9.17, 15) is 14.7 Å². The molecule has 5 nitrogen and oxygen atoms in total. The lowest BCUT2D eigenvalue weighted by molar-refractivity contribution is -0.140. The summed E-state index contributed by atoms with van der Waals surface area (Å²) in [6.45, 7) is 4.04. The molecule has 2 aliphatic heterocycles. The monoisotopic (exact) mass is 307 g/mol. The Kier molecular flexibility index (Phi) is 3.57. The fourth-order valence-corrected chi connectivity index (χ4v) is 3.90. The first-order valence-corrected chi connectivity index (χ1v) is 8.07. The predicted molar refractivity (Wildman–Crippen MR) is 79.9 cm³/mol. The third kappa shape index (κ3) is 2.27. The van der Waals surface area contributed by atoms with Gasteiger partial charge in [0.05, 0.1) is 11.4 Å². The average Bonchev–Trinajstić information content (AvgIpc) is 3.04. The first-order chi connectivity index (χ1) is 10.0. The van der Waals surface area contributed by atoms with Crippen molar-refractivity contribution in [3.63, 3.8) is 0 Å². The Hall–Kier alpha value is -1.69. The highest BCUT2D eigenvalue weighted by Crippen LogP contribution is 2.41. The average molecular weight is 307 g/mol. The number of amides is 1. The molecule has 0 spiro atoms. The smallest absolute Gasteiger partial charge is 0.327 e. The van der Waals surface area contributed by atoms with E-state index in [2.05, 4.69) is 6.92 Å². The number of hydrogen-bond acceptors (Lipinski definition) is 4. The minimum atomic E-state index is -0.955. The van der Waals surface area contributed by atoms with Crippen LogP contribution in [-0.4, -0.2) is 45.7 Å². The molecule has 21 heavy (non-hydrogen) atoms. The van der Waals surface area contributed by atoms with Crippen molar-refractivity contribution < 1.29 is 19.4 Å². The lowest BCUT2D eigenvalue weighted by atomic mass is 9.96. The molecule has 0 bridgehead atoms. The lowest BCUT2D eigenvalue weighted by Crippen LogP contribution is -2.41. The standard InChI is InChI=1S/C15H17NO4S/c1-8-9(2)20-13-10(8)4-3-5-11(13)14(17)16-7-21-6-12(16)15(18)19/h3-5,8-9,12H,6-7H2,1-2H3,(H,18,19). The fraction of sp³-hybridized carbons (Fsp3) is 0.467. The molecule has 1 amide bonds. The number of benzene rings is 1. The van der Waals surface area contributed by atoms with Gasteiger partial charge in [0.25, 0.3) is 5.91 Å². The number of rotatable bonds is 2. The molecular weight excluding hydrogens is 290 g/mol. The van der Waals surface area contributed by atoms with Crippen LogP contribution >= 0.6 is 11.8 Å². The molecule has 0 aromatic heterocycles. The molecular formula is C15H17NO4S. The summed E-state index contributed by atoms with van der Waals surface area (Å²) in [4.78, 5) is 25.4. The van der Waals surface area contributed by atoms with Gasteiger partial charge in [-0.2, -0.15) is 0 Å². The van der Waals surface area contributed by atoms with Gasteiger partial charge in [0.2, 0.25) is 0 Å². The number of ether oxygens (including phenoxy) is 1. The SMILES string of the molecule is CC1Oc2c(C(=O)N3CSCC3C(=O)O)cccc2C1C. The number of fused-ring (bicyclic) bond motifs is 1. The number of carboxylic acid groups (broad SMARTS) is 1. The number of hydrogen-bond donors (Lipinski definition) is 1. The van der Waals surface area contributed by atoms with Gasteiger partial charge in [0.1, 0.15) is 17.9 Å². The number of aliphatic carboxylic acids is 1. The van der Waals surface area contributed by atoms with Crippen LogP contribution in [0.3, 0.4) is 0 Å². The van der Waals surface area contributed by atoms with E-state index >= 15 is 0 Å². The van der Waals surface area contributed by atoms with Gasteiger partial charge < -0.3 is 14.7 Å². The van der Waals surface area contributed by atoms with Crippen molar-refractivity contribution in [3.8, 4) is 5.75 Å². The number of carboxylic acids is 1. The molecule has 1 aromatic rings. The molecule has 1 saturated heterocycles. The third-order valence-corrected chi connectivity index (χ3v) is 5.21. The van der Waals surface area contributed by atoms with Crippen LogP contribution in [0.4, 0.5) is 0 Å². The summed E-state index contributed by atoms with van der Waals surface area (Å²) in [7, 11) is 0. The molecule has 2 aliphatic rings. The van der Waals surface area contributed by atoms with Crippen molar-refractivity contribution >= 4 is 23.6 Å². The van der Waals surface area contributed by atoms with E-state index in [1.54, 1.807) is 6.07 Å². The predicted octanol–water partition coefficient (Wildman–Crippen LogP) is 2.17. The zero-order valence-electron chi connectivity index (χ0n) is 11.9. The topological polar surface area (TPSA) is 66.8 Å². The van der Waals surface area contributed by atoms with Crippen molar-refractivity contribution in [2.75, 3.05) is 11.6 Å². The van der Waals surface area contributed by atoms with Crippen LogP contribution in [0.5, 0.6) is 5.75 Å². The highest BCUT2D eigenvalue weighted by Gasteiger charge is 2.38. The van der Waals surface area contributed by atoms with Crippen LogP contribution in [0.15, 0.2) is 18.2 Å². The largest absolute Gasteiger partial charge is 0.489 e. The number of thioether (sulfide) groups is 1. The number of carbonyl (C=O) groups excluding carboxylic acids is 1. The third-order valence-electron chi connectivity index (χ3n) is 4.20. The summed E-state index contributed by atoms with van der Waals surface area (Å²) in [6.07, 6.45) is 0.0252. The molecule has 3 unspecified atom stereocenters. The van der Waals surface area contributed by atoms with Gasteiger partial charge in [-0.3, -0.25) is 4.79 Å². The van der Waals surface area contributed by atoms with E-state index < -0.39 is 12.0 Å². The van der Waals surface area contributed by atoms with Crippen molar-refractivity contribution in [2.45, 2.75) is 31.9 Å². The molecule has 0 saturated carbocycles. The van der Waals surface area contributed by atoms with Gasteiger partial charge >= 0.3 is 5.97 Å². The van der Waals surface area contributed by atoms with Gasteiger partial charge in [-0.05, 0) is 13.0 Å². The van der Waals surface area contributed by atoms with Gasteiger partial charge in [-0.1, -0.05) is 19.1 Å². The van der Waals surface area contributed by atoms with E-state index in [0.717, 1.165) is 5.56 Å². The minimum absolute atomic E-state index is 0.0252. The molecule has 6 heteroatoms. The Bertz CT molecular complexity index is 603. The van der Waals surface area contributed by atoms with Crippen LogP contribution in [0.2, 0.25) is 0 Å². The molecule has 3 rings (SSSR count). The molecule has 112 valence electrons. The zero-order chi connectivity index (χ0) is 15.1. The lowest BCUT2D eigenvalue weighted by Gasteiger charge is -2.21. The molecule has 3 atom stereocenters. The van der Waals surface area contributed by atoms with E-state index in [4.69, 9.17) is 4.74 Å². The van der Waals surface area contributed by atoms with Crippen LogP contribution in [0.25, 0.3) is 0 Å². The summed E-state index contributed by atoms with van der Waals surface area (Å²) in [5, 5.41) is 9.22. The Labute approximate surface area is 127 Å². The fourth-order valence-electron chi connectivity index (χ4n) is 2.76. The van der Waals surface area contributed by atoms with Gasteiger partial charge in [0, 0.05) is 17.2 Å². The molecule has 1 aromatic carbocycles. The van der Waals surface area contributed by atoms with Crippen LogP contribution in [-0.2, 0) is 4.79 Å². The maximum Gasteiger partial charge on any atom is 0.327 e. The summed E-state index contributed by atoms with van der Waals surface area (Å²) in [5.74, 6) is 0.475. The zero-order valence-corrected chi connectivity index (χ0v) is 12.7. The Morgan fingerprint density at radius 1 is 1.38 bits per heavy atom. The second-order valence-electron chi connectivity index (χ2n) is 5.46. The van der Waals surface area contributed by atoms with Crippen molar-refractivity contribution in [3.05, 3.63) is 29.3 Å². The first kappa shape index (κ1) is 14.3. The highest BCUT2D eigenvalue weighted by molar-refractivity contribution is 7.99. The minimum Gasteiger partial charge on any atom is -0.489 e. The number of para-hydroxylation sites is 1. The molecule has 2 heterocycles. The number of nitrogens with zero attached hydrogens (tertiary/aromatic N) is 1. The second-order valence-corrected chi connectivity index (χ2v) is 6.46. The first-order valence-electron chi connectivity index (χ1n) is 6.91. The van der Waals surface area contributed by atoms with Crippen LogP contribution in [0, 0.1) is 0 Å². The second kappa shape index (κ2) is 5.26. The molecule has 0 aliphatic carbocycles. The van der Waals surface area contributed by atoms with E-state index in [0.29, 0.717) is 22.9 Å². The Morgan fingerprint density at radius 3 is 2.86 bits per heavy atom. The van der Waals surface area contributed by atoms with Gasteiger partial charge in [0.15, 0.2) is 0 Å². The molecule has 1 fully saturated rings. The van der Waals surface area contributed by atoms with E-state index in [1.807, 2.05) is 19.1 Å². The summed E-state index contributed by atoms with van der Waals surface area (Å²) >= 11 is 1.46. The van der Waals surface area contributed by atoms with Gasteiger partial charge in [-0.25, -0.2) is 4.79 Å². The maximum absolute atomic E-state index is 12.7. The maximum atomic E-state index is 12.7. The summed E-state index contributed by atoms with van der Waals surface area (Å²) in [5.41, 5.74) is 1.49. The van der Waals surface area contributed by atoms with E-state index in [-0.39, 0.29) is 17.9 Å². The summed E-state index contributed by atoms with van der Waals surface area (Å²) < 4.78 is 5.82. The molecule has 1 N–H and O–H groups in total. The highest BCUT2D eigenvalue weighted by atomic mass is 32.2. The van der Waals surface area contributed by atoms with Crippen LogP contribution in [0.1, 0.15) is 35.7 Å². The Balaban J connectivity index is 1.95. The van der Waals surface area contributed by atoms with E-state index in [1.165, 1.54) is 16.7 Å². The van der Waals surface area contributed by atoms with Gasteiger partial charge in [-0.15, -0.1) is 11.8 Å². The normalized spacial score (nSPS) is 27.3. The van der Waals surface area contributed by atoms with Crippen molar-refractivity contribution in [1.29, 1.82) is 0 Å².